The van der Waals surface area contributed by atoms with Crippen molar-refractivity contribution in [3.8, 4) is 0 Å². The van der Waals surface area contributed by atoms with Crippen molar-refractivity contribution in [3.63, 3.8) is 0 Å². The van der Waals surface area contributed by atoms with Crippen molar-refractivity contribution in [1.82, 2.24) is 5.32 Å². The number of rotatable bonds is 2. The topological polar surface area (TPSA) is 30.5 Å². The first-order valence-electron chi connectivity index (χ1n) is 3.68. The third-order valence-electron chi connectivity index (χ3n) is 1.80. The summed E-state index contributed by atoms with van der Waals surface area (Å²) < 4.78 is 10.4. The zero-order valence-electron chi connectivity index (χ0n) is 6.59. The van der Waals surface area contributed by atoms with Gasteiger partial charge in [0.15, 0.2) is 0 Å². The number of hydrogen-bond acceptors (Lipinski definition) is 3. The molecule has 2 atom stereocenters. The standard InChI is InChI=1S/C7H15NO2/c1-6-7(5-9-2)8-3-4-10-6/h6-8H,3-5H2,1-2H3/t6-,7?/m0/s1. The first-order valence-corrected chi connectivity index (χ1v) is 3.68. The minimum Gasteiger partial charge on any atom is -0.383 e. The quantitative estimate of drug-likeness (QED) is 0.593. The zero-order chi connectivity index (χ0) is 7.40. The van der Waals surface area contributed by atoms with E-state index in [4.69, 9.17) is 9.47 Å². The molecule has 0 spiro atoms. The molecule has 1 unspecified atom stereocenters. The van der Waals surface area contributed by atoms with Crippen molar-refractivity contribution in [2.75, 3.05) is 26.9 Å². The van der Waals surface area contributed by atoms with E-state index in [9.17, 15) is 0 Å². The van der Waals surface area contributed by atoms with Gasteiger partial charge >= 0.3 is 0 Å². The van der Waals surface area contributed by atoms with Crippen LogP contribution < -0.4 is 5.32 Å². The molecular formula is C7H15NO2. The minimum absolute atomic E-state index is 0.286. The lowest BCUT2D eigenvalue weighted by molar-refractivity contribution is -0.0149. The molecule has 0 amide bonds. The lowest BCUT2D eigenvalue weighted by Gasteiger charge is -2.29. The molecule has 1 aliphatic heterocycles. The van der Waals surface area contributed by atoms with Crippen molar-refractivity contribution in [3.05, 3.63) is 0 Å². The second-order valence-electron chi connectivity index (χ2n) is 2.59. The van der Waals surface area contributed by atoms with Crippen molar-refractivity contribution in [2.24, 2.45) is 0 Å². The molecular weight excluding hydrogens is 130 g/mol. The highest BCUT2D eigenvalue weighted by molar-refractivity contribution is 4.76. The number of morpholine rings is 1. The molecule has 0 saturated carbocycles. The van der Waals surface area contributed by atoms with Crippen molar-refractivity contribution in [2.45, 2.75) is 19.1 Å². The van der Waals surface area contributed by atoms with Gasteiger partial charge in [-0.1, -0.05) is 0 Å². The molecule has 0 aromatic heterocycles. The SMILES string of the molecule is COCC1NCCO[C@H]1C. The molecule has 0 aromatic rings. The molecule has 0 radical (unpaired) electrons. The summed E-state index contributed by atoms with van der Waals surface area (Å²) in [4.78, 5) is 0. The van der Waals surface area contributed by atoms with Crippen LogP contribution in [0.1, 0.15) is 6.92 Å². The second kappa shape index (κ2) is 3.91. The van der Waals surface area contributed by atoms with E-state index in [-0.39, 0.29) is 6.10 Å². The third kappa shape index (κ3) is 1.94. The van der Waals surface area contributed by atoms with Gasteiger partial charge in [0.1, 0.15) is 0 Å². The number of ether oxygens (including phenoxy) is 2. The van der Waals surface area contributed by atoms with Crippen LogP contribution >= 0.6 is 0 Å². The maximum Gasteiger partial charge on any atom is 0.0723 e. The van der Waals surface area contributed by atoms with E-state index in [1.807, 2.05) is 0 Å². The smallest absolute Gasteiger partial charge is 0.0723 e. The Hall–Kier alpha value is -0.120. The summed E-state index contributed by atoms with van der Waals surface area (Å²) >= 11 is 0. The number of methoxy groups -OCH3 is 1. The highest BCUT2D eigenvalue weighted by Gasteiger charge is 2.20. The molecule has 3 nitrogen and oxygen atoms in total. The Kier molecular flexibility index (Phi) is 3.12. The predicted molar refractivity (Wildman–Crippen MR) is 39.1 cm³/mol. The van der Waals surface area contributed by atoms with Gasteiger partial charge in [-0.15, -0.1) is 0 Å². The maximum absolute atomic E-state index is 5.40. The van der Waals surface area contributed by atoms with E-state index in [0.717, 1.165) is 19.8 Å². The summed E-state index contributed by atoms with van der Waals surface area (Å²) in [7, 11) is 1.71. The molecule has 0 aromatic carbocycles. The summed E-state index contributed by atoms with van der Waals surface area (Å²) in [5, 5.41) is 3.32. The van der Waals surface area contributed by atoms with Gasteiger partial charge < -0.3 is 14.8 Å². The molecule has 0 aliphatic carbocycles. The van der Waals surface area contributed by atoms with Crippen LogP contribution in [0.25, 0.3) is 0 Å². The van der Waals surface area contributed by atoms with Crippen LogP contribution in [0, 0.1) is 0 Å². The molecule has 3 heteroatoms. The Morgan fingerprint density at radius 1 is 1.70 bits per heavy atom. The molecule has 1 saturated heterocycles. The third-order valence-corrected chi connectivity index (χ3v) is 1.80. The Balaban J connectivity index is 2.25. The number of hydrogen-bond donors (Lipinski definition) is 1. The summed E-state index contributed by atoms with van der Waals surface area (Å²) in [5.41, 5.74) is 0. The highest BCUT2D eigenvalue weighted by Crippen LogP contribution is 2.03. The maximum atomic E-state index is 5.40. The normalized spacial score (nSPS) is 34.2. The Morgan fingerprint density at radius 2 is 2.50 bits per heavy atom. The van der Waals surface area contributed by atoms with Gasteiger partial charge in [0, 0.05) is 13.7 Å². The van der Waals surface area contributed by atoms with Crippen LogP contribution in [-0.4, -0.2) is 39.0 Å². The Morgan fingerprint density at radius 3 is 3.10 bits per heavy atom. The lowest BCUT2D eigenvalue weighted by atomic mass is 10.2. The van der Waals surface area contributed by atoms with E-state index in [0.29, 0.717) is 6.04 Å². The van der Waals surface area contributed by atoms with Gasteiger partial charge in [-0.3, -0.25) is 0 Å². The van der Waals surface area contributed by atoms with Gasteiger partial charge in [0.05, 0.1) is 25.4 Å². The van der Waals surface area contributed by atoms with Crippen LogP contribution in [0.3, 0.4) is 0 Å². The van der Waals surface area contributed by atoms with Crippen LogP contribution in [0.15, 0.2) is 0 Å². The molecule has 1 heterocycles. The second-order valence-corrected chi connectivity index (χ2v) is 2.59. The number of nitrogens with one attached hydrogen (secondary N) is 1. The molecule has 10 heavy (non-hydrogen) atoms. The van der Waals surface area contributed by atoms with E-state index in [1.165, 1.54) is 0 Å². The van der Waals surface area contributed by atoms with Crippen molar-refractivity contribution < 1.29 is 9.47 Å². The summed E-state index contributed by atoms with van der Waals surface area (Å²) in [5.74, 6) is 0. The van der Waals surface area contributed by atoms with E-state index in [2.05, 4.69) is 12.2 Å². The molecule has 1 N–H and O–H groups in total. The fourth-order valence-corrected chi connectivity index (χ4v) is 1.15. The van der Waals surface area contributed by atoms with Crippen molar-refractivity contribution >= 4 is 0 Å². The highest BCUT2D eigenvalue weighted by atomic mass is 16.5. The Bertz CT molecular complexity index is 95.6. The monoisotopic (exact) mass is 145 g/mol. The average molecular weight is 145 g/mol. The van der Waals surface area contributed by atoms with E-state index < -0.39 is 0 Å². The first-order chi connectivity index (χ1) is 4.84. The predicted octanol–water partition coefficient (Wildman–Crippen LogP) is 0.00970. The molecule has 1 rings (SSSR count). The van der Waals surface area contributed by atoms with Gasteiger partial charge in [-0.05, 0) is 6.92 Å². The molecule has 1 fully saturated rings. The van der Waals surface area contributed by atoms with Crippen molar-refractivity contribution in [1.29, 1.82) is 0 Å². The summed E-state index contributed by atoms with van der Waals surface area (Å²) in [6, 6.07) is 0.374. The molecule has 1 aliphatic rings. The first kappa shape index (κ1) is 7.98. The van der Waals surface area contributed by atoms with Crippen LogP contribution in [-0.2, 0) is 9.47 Å². The lowest BCUT2D eigenvalue weighted by Crippen LogP contribution is -2.49. The van der Waals surface area contributed by atoms with Gasteiger partial charge in [-0.2, -0.15) is 0 Å². The van der Waals surface area contributed by atoms with Crippen LogP contribution in [0.5, 0.6) is 0 Å². The van der Waals surface area contributed by atoms with Crippen LogP contribution in [0.4, 0.5) is 0 Å². The van der Waals surface area contributed by atoms with Gasteiger partial charge in [-0.25, -0.2) is 0 Å². The van der Waals surface area contributed by atoms with E-state index >= 15 is 0 Å². The molecule has 60 valence electrons. The van der Waals surface area contributed by atoms with Gasteiger partial charge in [0.25, 0.3) is 0 Å². The average Bonchev–Trinajstić information content (AvgIpc) is 1.94. The van der Waals surface area contributed by atoms with Gasteiger partial charge in [0.2, 0.25) is 0 Å². The minimum atomic E-state index is 0.286. The Labute approximate surface area is 61.7 Å². The molecule has 0 bridgehead atoms. The van der Waals surface area contributed by atoms with Crippen LogP contribution in [0.2, 0.25) is 0 Å². The summed E-state index contributed by atoms with van der Waals surface area (Å²) in [6.07, 6.45) is 0.286. The zero-order valence-corrected chi connectivity index (χ0v) is 6.59. The summed E-state index contributed by atoms with van der Waals surface area (Å²) in [6.45, 7) is 4.57. The largest absolute Gasteiger partial charge is 0.383 e. The fourth-order valence-electron chi connectivity index (χ4n) is 1.15. The fraction of sp³-hybridized carbons (Fsp3) is 1.00. The van der Waals surface area contributed by atoms with E-state index in [1.54, 1.807) is 7.11 Å².